The van der Waals surface area contributed by atoms with Crippen LogP contribution in [-0.2, 0) is 0 Å². The lowest BCUT2D eigenvalue weighted by Crippen LogP contribution is -2.18. The van der Waals surface area contributed by atoms with Crippen molar-refractivity contribution in [3.05, 3.63) is 23.8 Å². The molecule has 1 atom stereocenters. The number of nitrogens with one attached hydrogen (secondary N) is 1. The Morgan fingerprint density at radius 2 is 2.31 bits per heavy atom. The van der Waals surface area contributed by atoms with Crippen LogP contribution in [-0.4, -0.2) is 17.5 Å². The van der Waals surface area contributed by atoms with Crippen molar-refractivity contribution in [1.29, 1.82) is 5.26 Å². The van der Waals surface area contributed by atoms with E-state index in [4.69, 9.17) is 11.0 Å². The van der Waals surface area contributed by atoms with Crippen LogP contribution in [0, 0.1) is 11.3 Å². The molecule has 1 aromatic rings. The highest BCUT2D eigenvalue weighted by atomic mass is 32.2. The Morgan fingerprint density at radius 1 is 1.56 bits per heavy atom. The summed E-state index contributed by atoms with van der Waals surface area (Å²) < 4.78 is 0. The van der Waals surface area contributed by atoms with Gasteiger partial charge < -0.3 is 11.1 Å². The third-order valence-electron chi connectivity index (χ3n) is 2.16. The van der Waals surface area contributed by atoms with E-state index in [2.05, 4.69) is 25.2 Å². The first-order valence-electron chi connectivity index (χ1n) is 5.31. The molecule has 1 aromatic carbocycles. The fourth-order valence-electron chi connectivity index (χ4n) is 1.38. The summed E-state index contributed by atoms with van der Waals surface area (Å²) in [5, 5.41) is 12.1. The van der Waals surface area contributed by atoms with Gasteiger partial charge in [0.2, 0.25) is 0 Å². The summed E-state index contributed by atoms with van der Waals surface area (Å²) in [7, 11) is 0. The number of nitrogens with zero attached hydrogens (tertiary/aromatic N) is 1. The van der Waals surface area contributed by atoms with Crippen molar-refractivity contribution < 1.29 is 0 Å². The first kappa shape index (κ1) is 12.7. The van der Waals surface area contributed by atoms with Gasteiger partial charge in [-0.1, -0.05) is 6.92 Å². The highest BCUT2D eigenvalue weighted by Gasteiger charge is 2.03. The van der Waals surface area contributed by atoms with E-state index in [1.807, 2.05) is 23.9 Å². The summed E-state index contributed by atoms with van der Waals surface area (Å²) in [5.74, 6) is 2.19. The molecule has 0 aliphatic carbocycles. The average molecular weight is 235 g/mol. The minimum atomic E-state index is 0.400. The molecular formula is C12H17N3S. The standard InChI is InChI=1S/C12H17N3S/c1-3-16-8-9(2)15-11-5-4-10(7-13)12(14)6-11/h4-6,9,15H,3,8,14H2,1-2H3. The maximum atomic E-state index is 8.75. The van der Waals surface area contributed by atoms with Crippen molar-refractivity contribution in [1.82, 2.24) is 0 Å². The predicted octanol–water partition coefficient (Wildman–Crippen LogP) is 2.69. The lowest BCUT2D eigenvalue weighted by atomic mass is 10.1. The molecule has 3 N–H and O–H groups in total. The molecule has 0 amide bonds. The topological polar surface area (TPSA) is 61.8 Å². The Balaban J connectivity index is 2.61. The first-order chi connectivity index (χ1) is 7.67. The minimum absolute atomic E-state index is 0.400. The number of hydrogen-bond acceptors (Lipinski definition) is 4. The summed E-state index contributed by atoms with van der Waals surface area (Å²) in [4.78, 5) is 0. The molecule has 0 radical (unpaired) electrons. The van der Waals surface area contributed by atoms with Crippen LogP contribution in [0.15, 0.2) is 18.2 Å². The van der Waals surface area contributed by atoms with Crippen LogP contribution in [0.3, 0.4) is 0 Å². The molecule has 1 unspecified atom stereocenters. The summed E-state index contributed by atoms with van der Waals surface area (Å²) in [5.41, 5.74) is 7.77. The van der Waals surface area contributed by atoms with Gasteiger partial charge in [0, 0.05) is 17.5 Å². The maximum absolute atomic E-state index is 8.75. The van der Waals surface area contributed by atoms with E-state index in [9.17, 15) is 0 Å². The van der Waals surface area contributed by atoms with E-state index in [-0.39, 0.29) is 0 Å². The van der Waals surface area contributed by atoms with Crippen LogP contribution in [0.4, 0.5) is 11.4 Å². The molecular weight excluding hydrogens is 218 g/mol. The SMILES string of the molecule is CCSCC(C)Nc1ccc(C#N)c(N)c1. The van der Waals surface area contributed by atoms with E-state index < -0.39 is 0 Å². The molecule has 0 fully saturated rings. The summed E-state index contributed by atoms with van der Waals surface area (Å²) in [6, 6.07) is 7.90. The van der Waals surface area contributed by atoms with Gasteiger partial charge in [-0.2, -0.15) is 17.0 Å². The van der Waals surface area contributed by atoms with Crippen molar-refractivity contribution in [2.24, 2.45) is 0 Å². The molecule has 0 spiro atoms. The summed E-state index contributed by atoms with van der Waals surface area (Å²) in [6.45, 7) is 4.29. The van der Waals surface area contributed by atoms with Crippen LogP contribution in [0.1, 0.15) is 19.4 Å². The number of benzene rings is 1. The molecule has 1 rings (SSSR count). The average Bonchev–Trinajstić information content (AvgIpc) is 2.26. The molecule has 0 saturated carbocycles. The molecule has 0 aliphatic heterocycles. The van der Waals surface area contributed by atoms with Crippen LogP contribution < -0.4 is 11.1 Å². The Morgan fingerprint density at radius 3 is 2.88 bits per heavy atom. The first-order valence-corrected chi connectivity index (χ1v) is 6.46. The quantitative estimate of drug-likeness (QED) is 0.770. The fraction of sp³-hybridized carbons (Fsp3) is 0.417. The minimum Gasteiger partial charge on any atom is -0.398 e. The van der Waals surface area contributed by atoms with Crippen molar-refractivity contribution in [2.75, 3.05) is 22.6 Å². The lowest BCUT2D eigenvalue weighted by molar-refractivity contribution is 0.913. The zero-order chi connectivity index (χ0) is 12.0. The fourth-order valence-corrected chi connectivity index (χ4v) is 2.05. The zero-order valence-electron chi connectivity index (χ0n) is 9.66. The van der Waals surface area contributed by atoms with Crippen molar-refractivity contribution in [2.45, 2.75) is 19.9 Å². The molecule has 16 heavy (non-hydrogen) atoms. The number of hydrogen-bond donors (Lipinski definition) is 2. The Hall–Kier alpha value is -1.34. The Kier molecular flexibility index (Phi) is 5.00. The predicted molar refractivity (Wildman–Crippen MR) is 71.7 cm³/mol. The molecule has 4 heteroatoms. The lowest BCUT2D eigenvalue weighted by Gasteiger charge is -2.15. The zero-order valence-corrected chi connectivity index (χ0v) is 10.5. The number of rotatable bonds is 5. The van der Waals surface area contributed by atoms with Gasteiger partial charge in [-0.05, 0) is 30.9 Å². The number of nitriles is 1. The largest absolute Gasteiger partial charge is 0.398 e. The highest BCUT2D eigenvalue weighted by molar-refractivity contribution is 7.99. The molecule has 0 aromatic heterocycles. The monoisotopic (exact) mass is 235 g/mol. The van der Waals surface area contributed by atoms with E-state index in [0.29, 0.717) is 17.3 Å². The Labute approximate surface area is 101 Å². The third kappa shape index (κ3) is 3.67. The van der Waals surface area contributed by atoms with Gasteiger partial charge in [-0.25, -0.2) is 0 Å². The van der Waals surface area contributed by atoms with E-state index in [1.54, 1.807) is 6.07 Å². The second kappa shape index (κ2) is 6.29. The normalized spacial score (nSPS) is 11.8. The van der Waals surface area contributed by atoms with Crippen LogP contribution in [0.5, 0.6) is 0 Å². The number of nitrogen functional groups attached to an aromatic ring is 1. The van der Waals surface area contributed by atoms with Crippen LogP contribution >= 0.6 is 11.8 Å². The Bertz CT molecular complexity index is 384. The van der Waals surface area contributed by atoms with Gasteiger partial charge in [0.15, 0.2) is 0 Å². The molecule has 86 valence electrons. The van der Waals surface area contributed by atoms with Crippen molar-refractivity contribution >= 4 is 23.1 Å². The van der Waals surface area contributed by atoms with Crippen molar-refractivity contribution in [3.8, 4) is 6.07 Å². The number of thioether (sulfide) groups is 1. The molecule has 0 heterocycles. The van der Waals surface area contributed by atoms with Gasteiger partial charge in [0.25, 0.3) is 0 Å². The van der Waals surface area contributed by atoms with Gasteiger partial charge in [0.05, 0.1) is 11.3 Å². The van der Waals surface area contributed by atoms with Gasteiger partial charge in [-0.15, -0.1) is 0 Å². The molecule has 0 saturated heterocycles. The van der Waals surface area contributed by atoms with Gasteiger partial charge in [0.1, 0.15) is 6.07 Å². The van der Waals surface area contributed by atoms with E-state index in [1.165, 1.54) is 0 Å². The maximum Gasteiger partial charge on any atom is 0.101 e. The smallest absolute Gasteiger partial charge is 0.101 e. The second-order valence-corrected chi connectivity index (χ2v) is 4.94. The third-order valence-corrected chi connectivity index (χ3v) is 3.30. The van der Waals surface area contributed by atoms with Crippen molar-refractivity contribution in [3.63, 3.8) is 0 Å². The molecule has 0 bridgehead atoms. The van der Waals surface area contributed by atoms with Gasteiger partial charge >= 0.3 is 0 Å². The number of nitrogens with two attached hydrogens (primary N) is 1. The second-order valence-electron chi connectivity index (χ2n) is 3.62. The summed E-state index contributed by atoms with van der Waals surface area (Å²) >= 11 is 1.90. The van der Waals surface area contributed by atoms with E-state index in [0.717, 1.165) is 17.2 Å². The van der Waals surface area contributed by atoms with Crippen LogP contribution in [0.25, 0.3) is 0 Å². The van der Waals surface area contributed by atoms with E-state index >= 15 is 0 Å². The highest BCUT2D eigenvalue weighted by Crippen LogP contribution is 2.18. The molecule has 0 aliphatic rings. The summed E-state index contributed by atoms with van der Waals surface area (Å²) in [6.07, 6.45) is 0. The number of anilines is 2. The van der Waals surface area contributed by atoms with Crippen LogP contribution in [0.2, 0.25) is 0 Å². The molecule has 3 nitrogen and oxygen atoms in total. The van der Waals surface area contributed by atoms with Gasteiger partial charge in [-0.3, -0.25) is 0 Å².